The summed E-state index contributed by atoms with van der Waals surface area (Å²) in [6.45, 7) is 4.56. The molecule has 0 bridgehead atoms. The molecule has 1 aromatic heterocycles. The highest BCUT2D eigenvalue weighted by Gasteiger charge is 2.13. The Bertz CT molecular complexity index is 719. The van der Waals surface area contributed by atoms with Crippen LogP contribution in [0.2, 0.25) is 0 Å². The molecule has 1 atom stereocenters. The van der Waals surface area contributed by atoms with Crippen LogP contribution in [0.15, 0.2) is 30.5 Å². The first-order chi connectivity index (χ1) is 13.3. The van der Waals surface area contributed by atoms with Crippen LogP contribution >= 0.6 is 0 Å². The largest absolute Gasteiger partial charge is 0.353 e. The van der Waals surface area contributed by atoms with Crippen LogP contribution in [0.4, 0.5) is 5.69 Å². The average Bonchev–Trinajstić information content (AvgIpc) is 3.08. The lowest BCUT2D eigenvalue weighted by Crippen LogP contribution is -2.23. The van der Waals surface area contributed by atoms with Crippen LogP contribution in [-0.4, -0.2) is 30.0 Å². The summed E-state index contributed by atoms with van der Waals surface area (Å²) in [4.78, 5) is 12.1. The number of rotatable bonds is 10. The van der Waals surface area contributed by atoms with E-state index in [9.17, 15) is 4.79 Å². The van der Waals surface area contributed by atoms with Crippen molar-refractivity contribution < 1.29 is 14.3 Å². The van der Waals surface area contributed by atoms with Crippen molar-refractivity contribution in [3.05, 3.63) is 30.5 Å². The number of anilines is 1. The number of hydrogen-bond acceptors (Lipinski definition) is 3. The molecule has 1 N–H and O–H groups in total. The van der Waals surface area contributed by atoms with Gasteiger partial charge in [0.1, 0.15) is 0 Å². The predicted octanol–water partition coefficient (Wildman–Crippen LogP) is 5.09. The van der Waals surface area contributed by atoms with Gasteiger partial charge in [-0.15, -0.1) is 0 Å². The van der Waals surface area contributed by atoms with Crippen molar-refractivity contribution >= 4 is 22.5 Å². The zero-order valence-electron chi connectivity index (χ0n) is 16.4. The van der Waals surface area contributed by atoms with Crippen LogP contribution in [0, 0.1) is 0 Å². The smallest absolute Gasteiger partial charge is 0.224 e. The number of hydrogen-bond donors (Lipinski definition) is 1. The molecule has 3 rings (SSSR count). The second-order valence-electron chi connectivity index (χ2n) is 7.31. The van der Waals surface area contributed by atoms with Gasteiger partial charge in [-0.3, -0.25) is 4.79 Å². The number of unbranched alkanes of at least 4 members (excludes halogenated alkanes) is 2. The molecule has 1 aliphatic heterocycles. The Kier molecular flexibility index (Phi) is 7.72. The minimum absolute atomic E-state index is 0.0188. The van der Waals surface area contributed by atoms with Gasteiger partial charge in [0.25, 0.3) is 0 Å². The van der Waals surface area contributed by atoms with Crippen molar-refractivity contribution in [1.29, 1.82) is 0 Å². The van der Waals surface area contributed by atoms with Crippen molar-refractivity contribution in [2.75, 3.05) is 18.5 Å². The number of aromatic nitrogens is 1. The third kappa shape index (κ3) is 6.08. The van der Waals surface area contributed by atoms with Crippen LogP contribution in [0.5, 0.6) is 0 Å². The van der Waals surface area contributed by atoms with E-state index in [1.165, 1.54) is 11.8 Å². The van der Waals surface area contributed by atoms with E-state index in [4.69, 9.17) is 9.47 Å². The molecular weight excluding hydrogens is 340 g/mol. The molecule has 5 nitrogen and oxygen atoms in total. The zero-order chi connectivity index (χ0) is 18.9. The molecule has 1 amide bonds. The summed E-state index contributed by atoms with van der Waals surface area (Å²) < 4.78 is 13.7. The van der Waals surface area contributed by atoms with Crippen molar-refractivity contribution in [3.63, 3.8) is 0 Å². The fraction of sp³-hybridized carbons (Fsp3) is 0.591. The van der Waals surface area contributed by atoms with E-state index in [0.29, 0.717) is 13.0 Å². The number of nitrogens with zero attached hydrogens (tertiary/aromatic N) is 1. The Morgan fingerprint density at radius 2 is 2.19 bits per heavy atom. The number of fused-ring (bicyclic) bond motifs is 1. The Hall–Kier alpha value is -1.85. The first-order valence-electron chi connectivity index (χ1n) is 10.4. The van der Waals surface area contributed by atoms with E-state index in [0.717, 1.165) is 62.9 Å². The molecule has 2 aromatic rings. The Labute approximate surface area is 162 Å². The quantitative estimate of drug-likeness (QED) is 0.591. The molecule has 1 unspecified atom stereocenters. The SMILES string of the molecule is CCCCCC(=O)Nc1ccc2ccn(CCCOC3CCCCO3)c2c1. The Morgan fingerprint density at radius 3 is 3.00 bits per heavy atom. The number of ether oxygens (including phenoxy) is 2. The lowest BCUT2D eigenvalue weighted by molar-refractivity contribution is -0.162. The van der Waals surface area contributed by atoms with Gasteiger partial charge >= 0.3 is 0 Å². The first-order valence-corrected chi connectivity index (χ1v) is 10.4. The summed E-state index contributed by atoms with van der Waals surface area (Å²) >= 11 is 0. The van der Waals surface area contributed by atoms with E-state index in [2.05, 4.69) is 41.2 Å². The monoisotopic (exact) mass is 372 g/mol. The zero-order valence-corrected chi connectivity index (χ0v) is 16.4. The summed E-state index contributed by atoms with van der Waals surface area (Å²) in [5.74, 6) is 0.0989. The van der Waals surface area contributed by atoms with Gasteiger partial charge in [-0.25, -0.2) is 0 Å². The molecule has 5 heteroatoms. The summed E-state index contributed by atoms with van der Waals surface area (Å²) in [5.41, 5.74) is 2.02. The molecule has 1 fully saturated rings. The van der Waals surface area contributed by atoms with Crippen LogP contribution < -0.4 is 5.32 Å². The van der Waals surface area contributed by atoms with Gasteiger partial charge in [0.15, 0.2) is 6.29 Å². The maximum atomic E-state index is 12.1. The van der Waals surface area contributed by atoms with E-state index in [1.807, 2.05) is 6.07 Å². The Morgan fingerprint density at radius 1 is 1.26 bits per heavy atom. The number of benzene rings is 1. The number of aryl methyl sites for hydroxylation is 1. The second-order valence-corrected chi connectivity index (χ2v) is 7.31. The summed E-state index contributed by atoms with van der Waals surface area (Å²) in [6, 6.07) is 8.24. The lowest BCUT2D eigenvalue weighted by atomic mass is 10.2. The molecular formula is C22H32N2O3. The number of amides is 1. The second kappa shape index (κ2) is 10.5. The highest BCUT2D eigenvalue weighted by Crippen LogP contribution is 2.21. The van der Waals surface area contributed by atoms with Crippen molar-refractivity contribution in [3.8, 4) is 0 Å². The lowest BCUT2D eigenvalue weighted by Gasteiger charge is -2.22. The van der Waals surface area contributed by atoms with E-state index in [1.54, 1.807) is 0 Å². The number of carbonyl (C=O) groups is 1. The van der Waals surface area contributed by atoms with Gasteiger partial charge < -0.3 is 19.4 Å². The molecule has 2 heterocycles. The molecule has 1 aliphatic rings. The molecule has 27 heavy (non-hydrogen) atoms. The fourth-order valence-corrected chi connectivity index (χ4v) is 3.51. The van der Waals surface area contributed by atoms with E-state index >= 15 is 0 Å². The number of nitrogens with one attached hydrogen (secondary N) is 1. The van der Waals surface area contributed by atoms with Gasteiger partial charge in [-0.05, 0) is 55.7 Å². The van der Waals surface area contributed by atoms with Crippen molar-refractivity contribution in [2.45, 2.75) is 71.1 Å². The maximum absolute atomic E-state index is 12.1. The topological polar surface area (TPSA) is 52.5 Å². The highest BCUT2D eigenvalue weighted by atomic mass is 16.7. The molecule has 0 radical (unpaired) electrons. The van der Waals surface area contributed by atoms with Crippen LogP contribution in [-0.2, 0) is 20.8 Å². The van der Waals surface area contributed by atoms with Crippen molar-refractivity contribution in [2.24, 2.45) is 0 Å². The van der Waals surface area contributed by atoms with Gasteiger partial charge in [-0.1, -0.05) is 25.8 Å². The van der Waals surface area contributed by atoms with Crippen LogP contribution in [0.3, 0.4) is 0 Å². The summed E-state index contributed by atoms with van der Waals surface area (Å²) in [6.07, 6.45) is 10.1. The van der Waals surface area contributed by atoms with E-state index in [-0.39, 0.29) is 12.2 Å². The van der Waals surface area contributed by atoms with E-state index < -0.39 is 0 Å². The molecule has 1 saturated heterocycles. The molecule has 0 saturated carbocycles. The van der Waals surface area contributed by atoms with Crippen LogP contribution in [0.25, 0.3) is 10.9 Å². The standard InChI is InChI=1S/C22H32N2O3/c1-2-3-4-8-21(25)23-19-11-10-18-12-14-24(20(18)17-19)13-7-16-27-22-9-5-6-15-26-22/h10-12,14,17,22H,2-9,13,15-16H2,1H3,(H,23,25). The normalized spacial score (nSPS) is 17.3. The van der Waals surface area contributed by atoms with Crippen molar-refractivity contribution in [1.82, 2.24) is 4.57 Å². The van der Waals surface area contributed by atoms with Gasteiger partial charge in [0, 0.05) is 31.5 Å². The first kappa shape index (κ1) is 19.9. The minimum Gasteiger partial charge on any atom is -0.353 e. The highest BCUT2D eigenvalue weighted by molar-refractivity contribution is 5.93. The van der Waals surface area contributed by atoms with Gasteiger partial charge in [-0.2, -0.15) is 0 Å². The number of carbonyl (C=O) groups excluding carboxylic acids is 1. The molecule has 148 valence electrons. The summed E-state index contributed by atoms with van der Waals surface area (Å²) in [7, 11) is 0. The molecule has 1 aromatic carbocycles. The average molecular weight is 373 g/mol. The minimum atomic E-state index is -0.0188. The third-order valence-corrected chi connectivity index (χ3v) is 5.05. The predicted molar refractivity (Wildman–Crippen MR) is 109 cm³/mol. The van der Waals surface area contributed by atoms with Crippen LogP contribution in [0.1, 0.15) is 58.3 Å². The van der Waals surface area contributed by atoms with Gasteiger partial charge in [0.05, 0.1) is 12.1 Å². The van der Waals surface area contributed by atoms with Gasteiger partial charge in [0.2, 0.25) is 5.91 Å². The fourth-order valence-electron chi connectivity index (χ4n) is 3.51. The third-order valence-electron chi connectivity index (χ3n) is 5.05. The molecule has 0 aliphatic carbocycles. The maximum Gasteiger partial charge on any atom is 0.224 e. The molecule has 0 spiro atoms. The Balaban J connectivity index is 1.50. The summed E-state index contributed by atoms with van der Waals surface area (Å²) in [5, 5.41) is 4.22.